The number of hydrogen-bond acceptors (Lipinski definition) is 4. The normalized spacial score (nSPS) is 11.8. The van der Waals surface area contributed by atoms with E-state index in [0.717, 1.165) is 55.3 Å². The number of furan rings is 1. The molecule has 10 aromatic rings. The molecule has 0 radical (unpaired) electrons. The van der Waals surface area contributed by atoms with Crippen molar-refractivity contribution in [2.45, 2.75) is 0 Å². The summed E-state index contributed by atoms with van der Waals surface area (Å²) in [5.41, 5.74) is 7.95. The van der Waals surface area contributed by atoms with Crippen LogP contribution in [0.5, 0.6) is 0 Å². The fraction of sp³-hybridized carbons (Fsp3) is 0. The molecule has 0 amide bonds. The molecule has 10 rings (SSSR count). The van der Waals surface area contributed by atoms with Crippen LogP contribution in [0.2, 0.25) is 0 Å². The molecule has 0 fully saturated rings. The summed E-state index contributed by atoms with van der Waals surface area (Å²) in [5.74, 6) is 1.93. The van der Waals surface area contributed by atoms with Gasteiger partial charge in [-0.25, -0.2) is 15.0 Å². The molecular weight excluding hydrogens is 589 g/mol. The molecule has 0 aliphatic rings. The summed E-state index contributed by atoms with van der Waals surface area (Å²) in [6.45, 7) is 0. The summed E-state index contributed by atoms with van der Waals surface area (Å²) in [5, 5.41) is 7.09. The second-order valence-electron chi connectivity index (χ2n) is 12.0. The van der Waals surface area contributed by atoms with E-state index in [1.54, 1.807) is 0 Å². The summed E-state index contributed by atoms with van der Waals surface area (Å²) < 4.78 is 8.80. The second-order valence-corrected chi connectivity index (χ2v) is 12.0. The lowest BCUT2D eigenvalue weighted by atomic mass is 10.0. The van der Waals surface area contributed by atoms with Gasteiger partial charge in [-0.2, -0.15) is 0 Å². The Hall–Kier alpha value is -6.59. The molecule has 0 unspecified atom stereocenters. The summed E-state index contributed by atoms with van der Waals surface area (Å²) in [6, 6.07) is 54.3. The highest BCUT2D eigenvalue weighted by molar-refractivity contribution is 6.31. The molecule has 224 valence electrons. The molecule has 0 saturated heterocycles. The molecule has 0 saturated carbocycles. The standard InChI is InChI=1S/C43H26N4O/c1-3-12-28(13-4-1)41-44-42(29-14-5-2-6-15-29)46-43(45-41)30-19-22-31(23-20-30)47-34-18-10-9-17-33(34)38-35(47)24-26-37-40(38)39-32-16-8-7-11-27(32)21-25-36(39)48-37/h1-26H. The molecule has 0 aliphatic carbocycles. The van der Waals surface area contributed by atoms with Gasteiger partial charge < -0.3 is 8.98 Å². The van der Waals surface area contributed by atoms with Crippen molar-refractivity contribution in [2.24, 2.45) is 0 Å². The quantitative estimate of drug-likeness (QED) is 0.198. The van der Waals surface area contributed by atoms with E-state index in [9.17, 15) is 0 Å². The third kappa shape index (κ3) is 4.08. The highest BCUT2D eigenvalue weighted by Crippen LogP contribution is 2.43. The van der Waals surface area contributed by atoms with Crippen molar-refractivity contribution in [1.82, 2.24) is 19.5 Å². The fourth-order valence-corrected chi connectivity index (χ4v) is 7.06. The first-order valence-electron chi connectivity index (χ1n) is 16.0. The van der Waals surface area contributed by atoms with Crippen LogP contribution in [0.4, 0.5) is 0 Å². The fourth-order valence-electron chi connectivity index (χ4n) is 7.06. The summed E-state index contributed by atoms with van der Waals surface area (Å²) in [6.07, 6.45) is 0. The van der Waals surface area contributed by atoms with Crippen molar-refractivity contribution < 1.29 is 4.42 Å². The smallest absolute Gasteiger partial charge is 0.164 e. The molecular formula is C43H26N4O. The maximum atomic E-state index is 6.45. The summed E-state index contributed by atoms with van der Waals surface area (Å²) in [4.78, 5) is 14.7. The van der Waals surface area contributed by atoms with Crippen molar-refractivity contribution in [3.8, 4) is 39.9 Å². The Kier molecular flexibility index (Phi) is 5.81. The molecule has 5 heteroatoms. The number of nitrogens with zero attached hydrogens (tertiary/aromatic N) is 4. The molecule has 7 aromatic carbocycles. The molecule has 48 heavy (non-hydrogen) atoms. The van der Waals surface area contributed by atoms with Crippen LogP contribution in [0, 0.1) is 0 Å². The molecule has 5 nitrogen and oxygen atoms in total. The Labute approximate surface area is 275 Å². The Morgan fingerprint density at radius 1 is 0.375 bits per heavy atom. The average molecular weight is 615 g/mol. The Bertz CT molecular complexity index is 2760. The Morgan fingerprint density at radius 3 is 1.60 bits per heavy atom. The van der Waals surface area contributed by atoms with Crippen molar-refractivity contribution in [3.63, 3.8) is 0 Å². The SMILES string of the molecule is c1ccc(-c2nc(-c3ccccc3)nc(-c3ccc(-n4c5ccccc5c5c6c(ccc54)oc4ccc5ccccc5c46)cc3)n2)cc1. The molecule has 0 atom stereocenters. The Morgan fingerprint density at radius 2 is 0.917 bits per heavy atom. The van der Waals surface area contributed by atoms with Gasteiger partial charge in [-0.1, -0.05) is 109 Å². The first-order valence-corrected chi connectivity index (χ1v) is 16.0. The van der Waals surface area contributed by atoms with E-state index in [0.29, 0.717) is 17.5 Å². The van der Waals surface area contributed by atoms with Crippen LogP contribution < -0.4 is 0 Å². The highest BCUT2D eigenvalue weighted by Gasteiger charge is 2.20. The third-order valence-electron chi connectivity index (χ3n) is 9.24. The zero-order valence-corrected chi connectivity index (χ0v) is 25.7. The van der Waals surface area contributed by atoms with Crippen LogP contribution in [0.1, 0.15) is 0 Å². The second kappa shape index (κ2) is 10.5. The molecule has 0 spiro atoms. The number of benzene rings is 7. The maximum absolute atomic E-state index is 6.45. The van der Waals surface area contributed by atoms with Crippen molar-refractivity contribution in [3.05, 3.63) is 158 Å². The number of para-hydroxylation sites is 1. The first-order chi connectivity index (χ1) is 23.8. The number of hydrogen-bond donors (Lipinski definition) is 0. The van der Waals surface area contributed by atoms with Crippen molar-refractivity contribution >= 4 is 54.5 Å². The Balaban J connectivity index is 1.17. The first kappa shape index (κ1) is 26.6. The van der Waals surface area contributed by atoms with Gasteiger partial charge in [0.15, 0.2) is 17.5 Å². The summed E-state index contributed by atoms with van der Waals surface area (Å²) >= 11 is 0. The van der Waals surface area contributed by atoms with Crippen LogP contribution in [0.3, 0.4) is 0 Å². The molecule has 0 aliphatic heterocycles. The minimum Gasteiger partial charge on any atom is -0.456 e. The predicted octanol–water partition coefficient (Wildman–Crippen LogP) is 11.0. The average Bonchev–Trinajstić information content (AvgIpc) is 3.71. The number of fused-ring (bicyclic) bond motifs is 9. The van der Waals surface area contributed by atoms with Gasteiger partial charge in [0.1, 0.15) is 11.2 Å². The van der Waals surface area contributed by atoms with Gasteiger partial charge in [0, 0.05) is 43.9 Å². The van der Waals surface area contributed by atoms with Gasteiger partial charge in [0.2, 0.25) is 0 Å². The van der Waals surface area contributed by atoms with E-state index in [1.165, 1.54) is 21.5 Å². The van der Waals surface area contributed by atoms with E-state index < -0.39 is 0 Å². The monoisotopic (exact) mass is 614 g/mol. The minimum absolute atomic E-state index is 0.634. The van der Waals surface area contributed by atoms with Gasteiger partial charge in [-0.05, 0) is 59.3 Å². The van der Waals surface area contributed by atoms with Gasteiger partial charge in [0.05, 0.1) is 11.0 Å². The van der Waals surface area contributed by atoms with Crippen LogP contribution >= 0.6 is 0 Å². The topological polar surface area (TPSA) is 56.7 Å². The zero-order valence-electron chi connectivity index (χ0n) is 25.7. The van der Waals surface area contributed by atoms with E-state index in [-0.39, 0.29) is 0 Å². The van der Waals surface area contributed by atoms with Crippen LogP contribution in [-0.2, 0) is 0 Å². The number of aromatic nitrogens is 4. The lowest BCUT2D eigenvalue weighted by Gasteiger charge is -2.11. The van der Waals surface area contributed by atoms with E-state index in [4.69, 9.17) is 19.4 Å². The zero-order chi connectivity index (χ0) is 31.6. The molecule has 0 N–H and O–H groups in total. The van der Waals surface area contributed by atoms with Gasteiger partial charge >= 0.3 is 0 Å². The molecule has 0 bridgehead atoms. The highest BCUT2D eigenvalue weighted by atomic mass is 16.3. The maximum Gasteiger partial charge on any atom is 0.164 e. The molecule has 3 heterocycles. The van der Waals surface area contributed by atoms with Crippen LogP contribution in [0.25, 0.3) is 94.4 Å². The lowest BCUT2D eigenvalue weighted by molar-refractivity contribution is 0.669. The van der Waals surface area contributed by atoms with Gasteiger partial charge in [-0.15, -0.1) is 0 Å². The summed E-state index contributed by atoms with van der Waals surface area (Å²) in [7, 11) is 0. The van der Waals surface area contributed by atoms with E-state index in [1.807, 2.05) is 60.7 Å². The van der Waals surface area contributed by atoms with Crippen molar-refractivity contribution in [1.29, 1.82) is 0 Å². The predicted molar refractivity (Wildman–Crippen MR) is 195 cm³/mol. The lowest BCUT2D eigenvalue weighted by Crippen LogP contribution is -2.00. The van der Waals surface area contributed by atoms with Crippen LogP contribution in [-0.4, -0.2) is 19.5 Å². The van der Waals surface area contributed by atoms with Gasteiger partial charge in [-0.3, -0.25) is 0 Å². The number of rotatable bonds is 4. The van der Waals surface area contributed by atoms with E-state index >= 15 is 0 Å². The van der Waals surface area contributed by atoms with Gasteiger partial charge in [0.25, 0.3) is 0 Å². The van der Waals surface area contributed by atoms with Crippen molar-refractivity contribution in [2.75, 3.05) is 0 Å². The van der Waals surface area contributed by atoms with Crippen LogP contribution in [0.15, 0.2) is 162 Å². The minimum atomic E-state index is 0.634. The largest absolute Gasteiger partial charge is 0.456 e. The third-order valence-corrected chi connectivity index (χ3v) is 9.24. The van der Waals surface area contributed by atoms with E-state index in [2.05, 4.69) is 102 Å². The molecule has 3 aromatic heterocycles.